The van der Waals surface area contributed by atoms with Gasteiger partial charge in [0.1, 0.15) is 17.2 Å². The van der Waals surface area contributed by atoms with Gasteiger partial charge in [0.15, 0.2) is 0 Å². The Morgan fingerprint density at radius 1 is 1.10 bits per heavy atom. The minimum Gasteiger partial charge on any atom is -0.496 e. The average Bonchev–Trinajstić information content (AvgIpc) is 2.52. The van der Waals surface area contributed by atoms with E-state index >= 15 is 0 Å². The molecule has 0 saturated heterocycles. The van der Waals surface area contributed by atoms with Crippen molar-refractivity contribution in [3.8, 4) is 17.2 Å². The molecule has 1 unspecified atom stereocenters. The second-order valence-electron chi connectivity index (χ2n) is 4.78. The molecular weight excluding hydrogens is 286 g/mol. The zero-order valence-electron chi connectivity index (χ0n) is 13.7. The first-order chi connectivity index (χ1) is 10.2. The van der Waals surface area contributed by atoms with E-state index in [4.69, 9.17) is 14.2 Å². The zero-order valence-corrected chi connectivity index (χ0v) is 14.5. The van der Waals surface area contributed by atoms with Gasteiger partial charge < -0.3 is 19.5 Å². The van der Waals surface area contributed by atoms with Crippen molar-refractivity contribution in [2.45, 2.75) is 32.9 Å². The van der Waals surface area contributed by atoms with Crippen LogP contribution in [0.5, 0.6) is 17.2 Å². The van der Waals surface area contributed by atoms with E-state index < -0.39 is 0 Å². The highest BCUT2D eigenvalue weighted by Crippen LogP contribution is 2.33. The number of hydrogen-bond acceptors (Lipinski definition) is 5. The van der Waals surface area contributed by atoms with E-state index in [1.54, 1.807) is 21.3 Å². The molecule has 1 aromatic rings. The van der Waals surface area contributed by atoms with Gasteiger partial charge in [0.2, 0.25) is 0 Å². The van der Waals surface area contributed by atoms with Crippen molar-refractivity contribution < 1.29 is 14.2 Å². The SMILES string of the molecule is CCSCCC(C)NCc1c(OC)cc(OC)cc1OC. The van der Waals surface area contributed by atoms with Crippen molar-refractivity contribution in [2.75, 3.05) is 32.8 Å². The summed E-state index contributed by atoms with van der Waals surface area (Å²) in [5, 5.41) is 3.53. The Morgan fingerprint density at radius 2 is 1.71 bits per heavy atom. The third-order valence-corrected chi connectivity index (χ3v) is 4.28. The van der Waals surface area contributed by atoms with Crippen LogP contribution in [0.15, 0.2) is 12.1 Å². The van der Waals surface area contributed by atoms with E-state index in [1.165, 1.54) is 11.5 Å². The van der Waals surface area contributed by atoms with Crippen LogP contribution >= 0.6 is 11.8 Å². The van der Waals surface area contributed by atoms with Gasteiger partial charge in [-0.2, -0.15) is 11.8 Å². The molecule has 0 amide bonds. The molecule has 21 heavy (non-hydrogen) atoms. The Morgan fingerprint density at radius 3 is 2.19 bits per heavy atom. The second-order valence-corrected chi connectivity index (χ2v) is 6.17. The van der Waals surface area contributed by atoms with Crippen LogP contribution < -0.4 is 19.5 Å². The monoisotopic (exact) mass is 313 g/mol. The number of ether oxygens (including phenoxy) is 3. The molecule has 0 fully saturated rings. The zero-order chi connectivity index (χ0) is 15.7. The molecule has 0 aliphatic carbocycles. The maximum atomic E-state index is 5.46. The summed E-state index contributed by atoms with van der Waals surface area (Å²) in [7, 11) is 4.97. The highest BCUT2D eigenvalue weighted by atomic mass is 32.2. The first-order valence-corrected chi connectivity index (χ1v) is 8.41. The third kappa shape index (κ3) is 5.67. The number of methoxy groups -OCH3 is 3. The molecule has 5 heteroatoms. The van der Waals surface area contributed by atoms with E-state index in [9.17, 15) is 0 Å². The molecule has 0 aliphatic rings. The minimum absolute atomic E-state index is 0.459. The maximum Gasteiger partial charge on any atom is 0.130 e. The van der Waals surface area contributed by atoms with E-state index in [2.05, 4.69) is 19.2 Å². The Hall–Kier alpha value is -1.07. The Labute approximate surface area is 132 Å². The van der Waals surface area contributed by atoms with Gasteiger partial charge in [-0.15, -0.1) is 0 Å². The molecule has 0 saturated carbocycles. The van der Waals surface area contributed by atoms with Gasteiger partial charge >= 0.3 is 0 Å². The van der Waals surface area contributed by atoms with Gasteiger partial charge in [-0.3, -0.25) is 0 Å². The molecule has 120 valence electrons. The van der Waals surface area contributed by atoms with Crippen LogP contribution in [-0.4, -0.2) is 38.9 Å². The summed E-state index contributed by atoms with van der Waals surface area (Å²) >= 11 is 1.97. The molecule has 0 aliphatic heterocycles. The van der Waals surface area contributed by atoms with Crippen LogP contribution in [0.1, 0.15) is 25.8 Å². The molecule has 0 spiro atoms. The molecule has 1 atom stereocenters. The smallest absolute Gasteiger partial charge is 0.130 e. The number of benzene rings is 1. The predicted octanol–water partition coefficient (Wildman–Crippen LogP) is 3.33. The summed E-state index contributed by atoms with van der Waals surface area (Å²) in [6, 6.07) is 4.23. The van der Waals surface area contributed by atoms with Gasteiger partial charge in [0, 0.05) is 24.7 Å². The van der Waals surface area contributed by atoms with Crippen molar-refractivity contribution in [1.29, 1.82) is 0 Å². The molecule has 0 aromatic heterocycles. The van der Waals surface area contributed by atoms with Crippen molar-refractivity contribution in [3.05, 3.63) is 17.7 Å². The van der Waals surface area contributed by atoms with Crippen molar-refractivity contribution in [3.63, 3.8) is 0 Å². The first kappa shape index (κ1) is 18.0. The lowest BCUT2D eigenvalue weighted by atomic mass is 10.1. The van der Waals surface area contributed by atoms with Gasteiger partial charge in [0.25, 0.3) is 0 Å². The van der Waals surface area contributed by atoms with E-state index in [0.717, 1.165) is 29.2 Å². The molecule has 4 nitrogen and oxygen atoms in total. The Kier molecular flexibility index (Phi) is 8.38. The molecular formula is C16H27NO3S. The average molecular weight is 313 g/mol. The topological polar surface area (TPSA) is 39.7 Å². The number of nitrogens with one attached hydrogen (secondary N) is 1. The van der Waals surface area contributed by atoms with Crippen molar-refractivity contribution in [1.82, 2.24) is 5.32 Å². The lowest BCUT2D eigenvalue weighted by Gasteiger charge is -2.18. The summed E-state index contributed by atoms with van der Waals surface area (Å²) in [6.45, 7) is 5.11. The summed E-state index contributed by atoms with van der Waals surface area (Å²) in [5.74, 6) is 4.66. The minimum atomic E-state index is 0.459. The molecule has 1 rings (SSSR count). The lowest BCUT2D eigenvalue weighted by Crippen LogP contribution is -2.26. The van der Waals surface area contributed by atoms with E-state index in [1.807, 2.05) is 23.9 Å². The molecule has 0 heterocycles. The fourth-order valence-electron chi connectivity index (χ4n) is 2.03. The quantitative estimate of drug-likeness (QED) is 0.671. The maximum absolute atomic E-state index is 5.46. The largest absolute Gasteiger partial charge is 0.496 e. The number of hydrogen-bond donors (Lipinski definition) is 1. The highest BCUT2D eigenvalue weighted by molar-refractivity contribution is 7.99. The van der Waals surface area contributed by atoms with Gasteiger partial charge in [-0.25, -0.2) is 0 Å². The summed E-state index contributed by atoms with van der Waals surface area (Å²) in [5.41, 5.74) is 1.02. The summed E-state index contributed by atoms with van der Waals surface area (Å²) < 4.78 is 16.2. The molecule has 1 N–H and O–H groups in total. The van der Waals surface area contributed by atoms with E-state index in [0.29, 0.717) is 12.6 Å². The van der Waals surface area contributed by atoms with Crippen LogP contribution in [0.2, 0.25) is 0 Å². The molecule has 1 aromatic carbocycles. The van der Waals surface area contributed by atoms with Crippen molar-refractivity contribution in [2.24, 2.45) is 0 Å². The second kappa shape index (κ2) is 9.79. The van der Waals surface area contributed by atoms with E-state index in [-0.39, 0.29) is 0 Å². The Bertz CT molecular complexity index is 401. The van der Waals surface area contributed by atoms with Gasteiger partial charge in [0.05, 0.1) is 26.9 Å². The first-order valence-electron chi connectivity index (χ1n) is 7.26. The third-order valence-electron chi connectivity index (χ3n) is 3.34. The standard InChI is InChI=1S/C16H27NO3S/c1-6-21-8-7-12(2)17-11-14-15(19-4)9-13(18-3)10-16(14)20-5/h9-10,12,17H,6-8,11H2,1-5H3. The normalized spacial score (nSPS) is 12.0. The van der Waals surface area contributed by atoms with Crippen LogP contribution in [-0.2, 0) is 6.54 Å². The molecule has 0 bridgehead atoms. The summed E-state index contributed by atoms with van der Waals surface area (Å²) in [4.78, 5) is 0. The van der Waals surface area contributed by atoms with Gasteiger partial charge in [-0.1, -0.05) is 6.92 Å². The predicted molar refractivity (Wildman–Crippen MR) is 90.0 cm³/mol. The fourth-order valence-corrected chi connectivity index (χ4v) is 2.84. The van der Waals surface area contributed by atoms with Crippen LogP contribution in [0.25, 0.3) is 0 Å². The highest BCUT2D eigenvalue weighted by Gasteiger charge is 2.14. The van der Waals surface area contributed by atoms with Crippen LogP contribution in [0.3, 0.4) is 0 Å². The summed E-state index contributed by atoms with van der Waals surface area (Å²) in [6.07, 6.45) is 1.15. The molecule has 0 radical (unpaired) electrons. The van der Waals surface area contributed by atoms with Crippen LogP contribution in [0, 0.1) is 0 Å². The fraction of sp³-hybridized carbons (Fsp3) is 0.625. The van der Waals surface area contributed by atoms with Crippen molar-refractivity contribution >= 4 is 11.8 Å². The lowest BCUT2D eigenvalue weighted by molar-refractivity contribution is 0.364. The van der Waals surface area contributed by atoms with Gasteiger partial charge in [-0.05, 0) is 24.9 Å². The Balaban J connectivity index is 2.72. The number of rotatable bonds is 10. The number of thioether (sulfide) groups is 1. The van der Waals surface area contributed by atoms with Crippen LogP contribution in [0.4, 0.5) is 0 Å².